The topological polar surface area (TPSA) is 42.0 Å². The maximum absolute atomic E-state index is 12.5. The molecule has 2 aliphatic rings. The molecule has 2 atom stereocenters. The second kappa shape index (κ2) is 6.49. The molecule has 2 unspecified atom stereocenters. The molecule has 2 heterocycles. The zero-order chi connectivity index (χ0) is 13.8. The van der Waals surface area contributed by atoms with Gasteiger partial charge >= 0.3 is 0 Å². The van der Waals surface area contributed by atoms with Gasteiger partial charge in [0.15, 0.2) is 0 Å². The fourth-order valence-electron chi connectivity index (χ4n) is 3.61. The molecule has 0 aromatic carbocycles. The third kappa shape index (κ3) is 3.09. The van der Waals surface area contributed by atoms with E-state index in [-0.39, 0.29) is 5.92 Å². The molecule has 1 aromatic rings. The van der Waals surface area contributed by atoms with Crippen LogP contribution in [-0.4, -0.2) is 23.9 Å². The van der Waals surface area contributed by atoms with Gasteiger partial charge in [0.1, 0.15) is 5.78 Å². The Morgan fingerprint density at radius 2 is 2.30 bits per heavy atom. The van der Waals surface area contributed by atoms with E-state index >= 15 is 0 Å². The second-order valence-electron chi connectivity index (χ2n) is 6.21. The maximum atomic E-state index is 12.5. The number of rotatable bonds is 4. The largest absolute Gasteiger partial charge is 0.316 e. The zero-order valence-corrected chi connectivity index (χ0v) is 12.1. The van der Waals surface area contributed by atoms with E-state index in [1.54, 1.807) is 0 Å². The Labute approximate surface area is 121 Å². The number of aryl methyl sites for hydroxylation is 1. The summed E-state index contributed by atoms with van der Waals surface area (Å²) >= 11 is 0. The molecule has 3 heteroatoms. The lowest BCUT2D eigenvalue weighted by Crippen LogP contribution is -2.30. The molecule has 20 heavy (non-hydrogen) atoms. The van der Waals surface area contributed by atoms with Crippen LogP contribution < -0.4 is 5.32 Å². The van der Waals surface area contributed by atoms with Crippen molar-refractivity contribution in [3.8, 4) is 0 Å². The van der Waals surface area contributed by atoms with Crippen molar-refractivity contribution in [2.24, 2.45) is 5.92 Å². The van der Waals surface area contributed by atoms with Crippen molar-refractivity contribution in [2.75, 3.05) is 13.1 Å². The summed E-state index contributed by atoms with van der Waals surface area (Å²) in [5, 5.41) is 3.43. The average Bonchev–Trinajstić information content (AvgIpc) is 2.53. The van der Waals surface area contributed by atoms with Gasteiger partial charge in [0, 0.05) is 12.6 Å². The summed E-state index contributed by atoms with van der Waals surface area (Å²) in [5.41, 5.74) is 2.35. The van der Waals surface area contributed by atoms with Gasteiger partial charge in [-0.05, 0) is 69.2 Å². The van der Waals surface area contributed by atoms with Crippen LogP contribution in [0.15, 0.2) is 18.3 Å². The van der Waals surface area contributed by atoms with Crippen LogP contribution >= 0.6 is 0 Å². The molecule has 1 N–H and O–H groups in total. The van der Waals surface area contributed by atoms with Crippen molar-refractivity contribution in [3.05, 3.63) is 29.6 Å². The van der Waals surface area contributed by atoms with Crippen LogP contribution in [0.5, 0.6) is 0 Å². The molecular formula is C17H24N2O. The van der Waals surface area contributed by atoms with Gasteiger partial charge in [0.2, 0.25) is 0 Å². The highest BCUT2D eigenvalue weighted by Crippen LogP contribution is 2.32. The molecule has 0 spiro atoms. The molecule has 1 aromatic heterocycles. The van der Waals surface area contributed by atoms with Crippen LogP contribution in [0.1, 0.15) is 55.7 Å². The molecule has 0 saturated carbocycles. The number of hydrogen-bond acceptors (Lipinski definition) is 3. The van der Waals surface area contributed by atoms with Gasteiger partial charge in [-0.25, -0.2) is 0 Å². The normalized spacial score (nSPS) is 26.0. The molecule has 108 valence electrons. The summed E-state index contributed by atoms with van der Waals surface area (Å²) in [4.78, 5) is 17.0. The lowest BCUT2D eigenvalue weighted by atomic mass is 9.81. The van der Waals surface area contributed by atoms with Gasteiger partial charge in [-0.2, -0.15) is 0 Å². The van der Waals surface area contributed by atoms with Gasteiger partial charge in [0.25, 0.3) is 0 Å². The molecule has 0 amide bonds. The summed E-state index contributed by atoms with van der Waals surface area (Å²) in [6.07, 6.45) is 9.34. The third-order valence-corrected chi connectivity index (χ3v) is 4.78. The number of Topliss-reactive ketones (excluding diaryl/α,β-unsaturated/α-hetero) is 1. The van der Waals surface area contributed by atoms with Crippen LogP contribution in [0.4, 0.5) is 0 Å². The minimum Gasteiger partial charge on any atom is -0.316 e. The van der Waals surface area contributed by atoms with Crippen LogP contribution in [0.2, 0.25) is 0 Å². The Balaban J connectivity index is 1.60. The Kier molecular flexibility index (Phi) is 4.46. The number of aromatic nitrogens is 1. The molecule has 1 aliphatic heterocycles. The number of carbonyl (C=O) groups excluding carboxylic acids is 1. The lowest BCUT2D eigenvalue weighted by molar-refractivity contribution is -0.121. The molecule has 1 aliphatic carbocycles. The molecule has 0 radical (unpaired) electrons. The van der Waals surface area contributed by atoms with Gasteiger partial charge in [-0.3, -0.25) is 9.78 Å². The lowest BCUT2D eigenvalue weighted by Gasteiger charge is -2.25. The van der Waals surface area contributed by atoms with Gasteiger partial charge in [-0.15, -0.1) is 0 Å². The Morgan fingerprint density at radius 1 is 1.35 bits per heavy atom. The summed E-state index contributed by atoms with van der Waals surface area (Å²) in [6, 6.07) is 4.12. The first-order chi connectivity index (χ1) is 9.84. The minimum atomic E-state index is 0.0662. The monoisotopic (exact) mass is 272 g/mol. The number of piperidine rings is 1. The van der Waals surface area contributed by atoms with Gasteiger partial charge in [0.05, 0.1) is 11.6 Å². The summed E-state index contributed by atoms with van der Waals surface area (Å²) in [5.74, 6) is 1.17. The zero-order valence-electron chi connectivity index (χ0n) is 12.1. The third-order valence-electron chi connectivity index (χ3n) is 4.78. The number of carbonyl (C=O) groups is 1. The smallest absolute Gasteiger partial charge is 0.141 e. The van der Waals surface area contributed by atoms with Gasteiger partial charge in [-0.1, -0.05) is 6.07 Å². The van der Waals surface area contributed by atoms with E-state index in [0.29, 0.717) is 11.7 Å². The van der Waals surface area contributed by atoms with Crippen LogP contribution in [0.3, 0.4) is 0 Å². The van der Waals surface area contributed by atoms with E-state index in [2.05, 4.69) is 16.4 Å². The van der Waals surface area contributed by atoms with Crippen molar-refractivity contribution in [1.29, 1.82) is 0 Å². The van der Waals surface area contributed by atoms with Crippen LogP contribution in [0, 0.1) is 5.92 Å². The maximum Gasteiger partial charge on any atom is 0.141 e. The highest BCUT2D eigenvalue weighted by molar-refractivity contribution is 5.85. The van der Waals surface area contributed by atoms with Crippen molar-refractivity contribution < 1.29 is 4.79 Å². The van der Waals surface area contributed by atoms with E-state index < -0.39 is 0 Å². The van der Waals surface area contributed by atoms with Gasteiger partial charge < -0.3 is 5.32 Å². The number of pyridine rings is 1. The Morgan fingerprint density at radius 3 is 3.15 bits per heavy atom. The van der Waals surface area contributed by atoms with E-state index in [9.17, 15) is 4.79 Å². The molecule has 1 saturated heterocycles. The van der Waals surface area contributed by atoms with Crippen molar-refractivity contribution >= 4 is 5.78 Å². The van der Waals surface area contributed by atoms with Crippen molar-refractivity contribution in [1.82, 2.24) is 10.3 Å². The van der Waals surface area contributed by atoms with Crippen molar-refractivity contribution in [3.63, 3.8) is 0 Å². The number of nitrogens with one attached hydrogen (secondary N) is 1. The summed E-state index contributed by atoms with van der Waals surface area (Å²) in [6.45, 7) is 2.23. The second-order valence-corrected chi connectivity index (χ2v) is 6.21. The molecule has 3 rings (SSSR count). The number of hydrogen-bond donors (Lipinski definition) is 1. The quantitative estimate of drug-likeness (QED) is 0.916. The first-order valence-electron chi connectivity index (χ1n) is 8.02. The molecule has 3 nitrogen and oxygen atoms in total. The highest BCUT2D eigenvalue weighted by atomic mass is 16.1. The number of ketones is 1. The SMILES string of the molecule is O=C(CCC1CCCNC1)C1CCCc2cccnc21. The predicted molar refractivity (Wildman–Crippen MR) is 79.8 cm³/mol. The summed E-state index contributed by atoms with van der Waals surface area (Å²) in [7, 11) is 0. The fraction of sp³-hybridized carbons (Fsp3) is 0.647. The van der Waals surface area contributed by atoms with Crippen molar-refractivity contribution in [2.45, 2.75) is 50.9 Å². The Hall–Kier alpha value is -1.22. The Bertz CT molecular complexity index is 466. The number of fused-ring (bicyclic) bond motifs is 1. The predicted octanol–water partition coefficient (Wildman–Crippen LogP) is 2.85. The van der Waals surface area contributed by atoms with Crippen LogP contribution in [-0.2, 0) is 11.2 Å². The first kappa shape index (κ1) is 13.7. The molecule has 0 bridgehead atoms. The molecular weight excluding hydrogens is 248 g/mol. The van der Waals surface area contributed by atoms with E-state index in [1.807, 2.05) is 12.3 Å². The van der Waals surface area contributed by atoms with Crippen LogP contribution in [0.25, 0.3) is 0 Å². The summed E-state index contributed by atoms with van der Waals surface area (Å²) < 4.78 is 0. The molecule has 1 fully saturated rings. The standard InChI is InChI=1S/C17H24N2O/c20-16(9-8-13-4-2-10-18-12-13)15-7-1-5-14-6-3-11-19-17(14)15/h3,6,11,13,15,18H,1-2,4-5,7-10,12H2. The fourth-order valence-corrected chi connectivity index (χ4v) is 3.61. The van der Waals surface area contributed by atoms with E-state index in [4.69, 9.17) is 0 Å². The minimum absolute atomic E-state index is 0.0662. The highest BCUT2D eigenvalue weighted by Gasteiger charge is 2.27. The first-order valence-corrected chi connectivity index (χ1v) is 8.02. The average molecular weight is 272 g/mol. The van der Waals surface area contributed by atoms with E-state index in [1.165, 1.54) is 18.4 Å². The number of nitrogens with zero attached hydrogens (tertiary/aromatic N) is 1. The van der Waals surface area contributed by atoms with E-state index in [0.717, 1.165) is 50.9 Å².